The second kappa shape index (κ2) is 3.75. The Bertz CT molecular complexity index is 358. The molecule has 0 amide bonds. The van der Waals surface area contributed by atoms with Crippen LogP contribution in [0, 0.1) is 5.92 Å². The van der Waals surface area contributed by atoms with Crippen LogP contribution < -0.4 is 0 Å². The molecule has 0 aromatic rings. The number of carboxylic acid groups (broad SMARTS) is 1. The average molecular weight is 233 g/mol. The van der Waals surface area contributed by atoms with Crippen molar-refractivity contribution >= 4 is 15.8 Å². The van der Waals surface area contributed by atoms with Crippen LogP contribution in [0.1, 0.15) is 12.8 Å². The summed E-state index contributed by atoms with van der Waals surface area (Å²) in [5.41, 5.74) is 0. The molecule has 0 aliphatic carbocycles. The van der Waals surface area contributed by atoms with Gasteiger partial charge in [-0.25, -0.2) is 8.42 Å². The highest BCUT2D eigenvalue weighted by atomic mass is 32.2. The second-order valence-electron chi connectivity index (χ2n) is 4.47. The number of sulfone groups is 1. The van der Waals surface area contributed by atoms with E-state index in [9.17, 15) is 13.2 Å². The zero-order chi connectivity index (χ0) is 11.1. The molecule has 0 aromatic carbocycles. The van der Waals surface area contributed by atoms with Gasteiger partial charge in [0.05, 0.1) is 17.9 Å². The fraction of sp³-hybridized carbons (Fsp3) is 0.889. The molecule has 1 atom stereocenters. The Labute approximate surface area is 89.0 Å². The topological polar surface area (TPSA) is 74.7 Å². The van der Waals surface area contributed by atoms with Gasteiger partial charge in [0.2, 0.25) is 0 Å². The predicted octanol–water partition coefficient (Wildman–Crippen LogP) is -0.420. The molecule has 0 spiro atoms. The number of hydrogen-bond acceptors (Lipinski definition) is 4. The largest absolute Gasteiger partial charge is 0.481 e. The normalized spacial score (nSPS) is 31.3. The Morgan fingerprint density at radius 1 is 1.40 bits per heavy atom. The summed E-state index contributed by atoms with van der Waals surface area (Å²) in [6.07, 6.45) is 0.915. The van der Waals surface area contributed by atoms with Crippen LogP contribution in [0.3, 0.4) is 0 Å². The van der Waals surface area contributed by atoms with Crippen LogP contribution in [0.25, 0.3) is 0 Å². The Morgan fingerprint density at radius 3 is 2.53 bits per heavy atom. The fourth-order valence-electron chi connectivity index (χ4n) is 2.35. The van der Waals surface area contributed by atoms with Gasteiger partial charge in [0.25, 0.3) is 0 Å². The molecule has 2 rings (SSSR count). The zero-order valence-electron chi connectivity index (χ0n) is 8.42. The van der Waals surface area contributed by atoms with Gasteiger partial charge < -0.3 is 5.11 Å². The van der Waals surface area contributed by atoms with Gasteiger partial charge in [-0.05, 0) is 12.3 Å². The third kappa shape index (κ3) is 2.49. The molecule has 2 saturated heterocycles. The smallest absolute Gasteiger partial charge is 0.303 e. The number of hydrogen-bond donors (Lipinski definition) is 1. The van der Waals surface area contributed by atoms with Crippen molar-refractivity contribution < 1.29 is 18.3 Å². The first kappa shape index (κ1) is 10.9. The number of carbonyl (C=O) groups is 1. The summed E-state index contributed by atoms with van der Waals surface area (Å²) in [6.45, 7) is 1.49. The summed E-state index contributed by atoms with van der Waals surface area (Å²) in [5, 5.41) is 8.57. The highest BCUT2D eigenvalue weighted by Crippen LogP contribution is 2.27. The van der Waals surface area contributed by atoms with Gasteiger partial charge in [0.15, 0.2) is 9.84 Å². The summed E-state index contributed by atoms with van der Waals surface area (Å²) in [7, 11) is -2.82. The van der Waals surface area contributed by atoms with Crippen molar-refractivity contribution in [2.75, 3.05) is 24.6 Å². The minimum atomic E-state index is -2.82. The van der Waals surface area contributed by atoms with Gasteiger partial charge >= 0.3 is 5.97 Å². The molecule has 86 valence electrons. The van der Waals surface area contributed by atoms with E-state index in [0.29, 0.717) is 6.42 Å². The summed E-state index contributed by atoms with van der Waals surface area (Å²) < 4.78 is 22.4. The van der Waals surface area contributed by atoms with Crippen LogP contribution in [0.15, 0.2) is 0 Å². The van der Waals surface area contributed by atoms with Crippen molar-refractivity contribution in [1.82, 2.24) is 4.90 Å². The minimum Gasteiger partial charge on any atom is -0.481 e. The van der Waals surface area contributed by atoms with Gasteiger partial charge in [0, 0.05) is 19.1 Å². The van der Waals surface area contributed by atoms with Crippen LogP contribution in [0.4, 0.5) is 0 Å². The molecule has 6 heteroatoms. The molecule has 0 aromatic heterocycles. The van der Waals surface area contributed by atoms with Gasteiger partial charge in [-0.1, -0.05) is 0 Å². The number of aliphatic carboxylic acids is 1. The molecule has 5 nitrogen and oxygen atoms in total. The summed E-state index contributed by atoms with van der Waals surface area (Å²) in [6, 6.07) is 0.139. The minimum absolute atomic E-state index is 0.139. The Balaban J connectivity index is 1.78. The lowest BCUT2D eigenvalue weighted by atomic mass is 9.94. The fourth-order valence-corrected chi connectivity index (χ4v) is 4.11. The van der Waals surface area contributed by atoms with Crippen molar-refractivity contribution in [3.63, 3.8) is 0 Å². The van der Waals surface area contributed by atoms with E-state index in [0.717, 1.165) is 13.1 Å². The van der Waals surface area contributed by atoms with E-state index in [1.165, 1.54) is 0 Å². The van der Waals surface area contributed by atoms with E-state index in [2.05, 4.69) is 4.90 Å². The molecule has 1 N–H and O–H groups in total. The summed E-state index contributed by atoms with van der Waals surface area (Å²) in [5.74, 6) is -0.00521. The maximum Gasteiger partial charge on any atom is 0.303 e. The molecule has 1 unspecified atom stereocenters. The number of carboxylic acids is 1. The van der Waals surface area contributed by atoms with Gasteiger partial charge in [-0.2, -0.15) is 0 Å². The Morgan fingerprint density at radius 2 is 2.07 bits per heavy atom. The quantitative estimate of drug-likeness (QED) is 0.716. The van der Waals surface area contributed by atoms with E-state index in [-0.39, 0.29) is 29.9 Å². The molecular weight excluding hydrogens is 218 g/mol. The summed E-state index contributed by atoms with van der Waals surface area (Å²) in [4.78, 5) is 12.5. The highest BCUT2D eigenvalue weighted by Gasteiger charge is 2.38. The molecule has 0 saturated carbocycles. The molecule has 2 aliphatic rings. The van der Waals surface area contributed by atoms with E-state index in [4.69, 9.17) is 5.11 Å². The predicted molar refractivity (Wildman–Crippen MR) is 54.4 cm³/mol. The maximum absolute atomic E-state index is 11.2. The molecule has 15 heavy (non-hydrogen) atoms. The van der Waals surface area contributed by atoms with E-state index in [1.54, 1.807) is 0 Å². The van der Waals surface area contributed by atoms with Crippen LogP contribution >= 0.6 is 0 Å². The Kier molecular flexibility index (Phi) is 2.72. The first-order valence-corrected chi connectivity index (χ1v) is 6.95. The summed E-state index contributed by atoms with van der Waals surface area (Å²) >= 11 is 0. The Hall–Kier alpha value is -0.620. The second-order valence-corrected chi connectivity index (χ2v) is 6.70. The lowest BCUT2D eigenvalue weighted by molar-refractivity contribution is -0.139. The van der Waals surface area contributed by atoms with Crippen LogP contribution in [0.5, 0.6) is 0 Å². The van der Waals surface area contributed by atoms with Crippen molar-refractivity contribution in [3.05, 3.63) is 0 Å². The SMILES string of the molecule is O=C(O)CC1CN(C2CCS(=O)(=O)C2)C1. The van der Waals surface area contributed by atoms with Crippen LogP contribution in [0.2, 0.25) is 0 Å². The van der Waals surface area contributed by atoms with E-state index < -0.39 is 15.8 Å². The zero-order valence-corrected chi connectivity index (χ0v) is 9.24. The van der Waals surface area contributed by atoms with Crippen molar-refractivity contribution in [1.29, 1.82) is 0 Å². The first-order chi connectivity index (χ1) is 6.96. The third-order valence-electron chi connectivity index (χ3n) is 3.17. The number of nitrogens with zero attached hydrogens (tertiary/aromatic N) is 1. The number of likely N-dealkylation sites (tertiary alicyclic amines) is 1. The monoisotopic (exact) mass is 233 g/mol. The van der Waals surface area contributed by atoms with Crippen molar-refractivity contribution in [2.24, 2.45) is 5.92 Å². The first-order valence-electron chi connectivity index (χ1n) is 5.12. The number of rotatable bonds is 3. The molecule has 2 fully saturated rings. The lowest BCUT2D eigenvalue weighted by Gasteiger charge is -2.42. The molecule has 0 radical (unpaired) electrons. The van der Waals surface area contributed by atoms with Crippen molar-refractivity contribution in [3.8, 4) is 0 Å². The average Bonchev–Trinajstić information content (AvgIpc) is 2.37. The third-order valence-corrected chi connectivity index (χ3v) is 4.92. The molecular formula is C9H15NO4S. The lowest BCUT2D eigenvalue weighted by Crippen LogP contribution is -2.53. The van der Waals surface area contributed by atoms with E-state index in [1.807, 2.05) is 0 Å². The highest BCUT2D eigenvalue weighted by molar-refractivity contribution is 7.91. The van der Waals surface area contributed by atoms with Crippen LogP contribution in [-0.4, -0.2) is 55.0 Å². The van der Waals surface area contributed by atoms with Gasteiger partial charge in [-0.3, -0.25) is 9.69 Å². The molecule has 2 heterocycles. The van der Waals surface area contributed by atoms with Crippen LogP contribution in [-0.2, 0) is 14.6 Å². The van der Waals surface area contributed by atoms with Gasteiger partial charge in [0.1, 0.15) is 0 Å². The maximum atomic E-state index is 11.2. The van der Waals surface area contributed by atoms with Crippen molar-refractivity contribution in [2.45, 2.75) is 18.9 Å². The molecule has 0 bridgehead atoms. The molecule has 2 aliphatic heterocycles. The standard InChI is InChI=1S/C9H15NO4S/c11-9(12)3-7-4-10(5-7)8-1-2-15(13,14)6-8/h7-8H,1-6H2,(H,11,12). The van der Waals surface area contributed by atoms with E-state index >= 15 is 0 Å². The van der Waals surface area contributed by atoms with Gasteiger partial charge in [-0.15, -0.1) is 0 Å².